The predicted octanol–water partition coefficient (Wildman–Crippen LogP) is 2.31. The third kappa shape index (κ3) is 2.84. The molecule has 1 amide bonds. The Morgan fingerprint density at radius 1 is 1.30 bits per heavy atom. The summed E-state index contributed by atoms with van der Waals surface area (Å²) in [6, 6.07) is 5.99. The van der Waals surface area contributed by atoms with Gasteiger partial charge in [-0.25, -0.2) is 0 Å². The standard InChI is InChI=1S/C16H19NO3/c1-10-7-14(10)16(19)20-9-15(18)17-13-6-5-11-3-2-4-12(11)8-13/h5-6,8,10,14H,2-4,7,9H2,1H3,(H,17,18)/t10-,14+/m1/s1. The predicted molar refractivity (Wildman–Crippen MR) is 75.3 cm³/mol. The van der Waals surface area contributed by atoms with Gasteiger partial charge in [-0.3, -0.25) is 9.59 Å². The van der Waals surface area contributed by atoms with Crippen molar-refractivity contribution in [3.05, 3.63) is 29.3 Å². The molecule has 0 saturated heterocycles. The van der Waals surface area contributed by atoms with Crippen LogP contribution in [0.2, 0.25) is 0 Å². The summed E-state index contributed by atoms with van der Waals surface area (Å²) in [4.78, 5) is 23.3. The van der Waals surface area contributed by atoms with E-state index in [0.29, 0.717) is 5.92 Å². The quantitative estimate of drug-likeness (QED) is 0.856. The van der Waals surface area contributed by atoms with E-state index in [1.807, 2.05) is 19.1 Å². The molecule has 4 nitrogen and oxygen atoms in total. The molecule has 2 aliphatic carbocycles. The third-order valence-corrected chi connectivity index (χ3v) is 4.14. The Hall–Kier alpha value is -1.84. The zero-order valence-electron chi connectivity index (χ0n) is 11.6. The van der Waals surface area contributed by atoms with E-state index >= 15 is 0 Å². The first-order chi connectivity index (χ1) is 9.63. The van der Waals surface area contributed by atoms with Gasteiger partial charge < -0.3 is 10.1 Å². The highest BCUT2D eigenvalue weighted by atomic mass is 16.5. The van der Waals surface area contributed by atoms with Crippen LogP contribution in [0, 0.1) is 11.8 Å². The summed E-state index contributed by atoms with van der Waals surface area (Å²) >= 11 is 0. The molecule has 20 heavy (non-hydrogen) atoms. The van der Waals surface area contributed by atoms with Gasteiger partial charge in [0, 0.05) is 5.69 Å². The molecule has 1 fully saturated rings. The van der Waals surface area contributed by atoms with Crippen molar-refractivity contribution in [2.24, 2.45) is 11.8 Å². The van der Waals surface area contributed by atoms with E-state index in [4.69, 9.17) is 4.74 Å². The molecule has 1 aromatic carbocycles. The monoisotopic (exact) mass is 273 g/mol. The highest BCUT2D eigenvalue weighted by molar-refractivity contribution is 5.93. The van der Waals surface area contributed by atoms with E-state index in [9.17, 15) is 9.59 Å². The number of carbonyl (C=O) groups is 2. The fourth-order valence-electron chi connectivity index (χ4n) is 2.74. The maximum Gasteiger partial charge on any atom is 0.309 e. The molecule has 3 rings (SSSR count). The number of nitrogens with one attached hydrogen (secondary N) is 1. The van der Waals surface area contributed by atoms with Crippen molar-refractivity contribution in [1.82, 2.24) is 0 Å². The van der Waals surface area contributed by atoms with Crippen molar-refractivity contribution in [3.8, 4) is 0 Å². The second-order valence-electron chi connectivity index (χ2n) is 5.81. The van der Waals surface area contributed by atoms with Crippen LogP contribution in [0.4, 0.5) is 5.69 Å². The number of ether oxygens (including phenoxy) is 1. The van der Waals surface area contributed by atoms with Gasteiger partial charge in [0.25, 0.3) is 5.91 Å². The molecule has 1 N–H and O–H groups in total. The van der Waals surface area contributed by atoms with Gasteiger partial charge >= 0.3 is 5.97 Å². The van der Waals surface area contributed by atoms with E-state index in [1.165, 1.54) is 17.5 Å². The zero-order chi connectivity index (χ0) is 14.1. The Morgan fingerprint density at radius 2 is 2.05 bits per heavy atom. The van der Waals surface area contributed by atoms with Gasteiger partial charge in [-0.05, 0) is 54.9 Å². The Bertz CT molecular complexity index is 553. The van der Waals surface area contributed by atoms with Crippen LogP contribution in [0.25, 0.3) is 0 Å². The second-order valence-corrected chi connectivity index (χ2v) is 5.81. The summed E-state index contributed by atoms with van der Waals surface area (Å²) in [6.45, 7) is 1.82. The molecule has 1 aromatic rings. The molecule has 1 saturated carbocycles. The van der Waals surface area contributed by atoms with Crippen LogP contribution in [-0.2, 0) is 27.2 Å². The number of carbonyl (C=O) groups excluding carboxylic acids is 2. The molecule has 0 aromatic heterocycles. The molecule has 0 radical (unpaired) electrons. The fourth-order valence-corrected chi connectivity index (χ4v) is 2.74. The van der Waals surface area contributed by atoms with Crippen LogP contribution in [-0.4, -0.2) is 18.5 Å². The second kappa shape index (κ2) is 5.27. The van der Waals surface area contributed by atoms with Crippen LogP contribution in [0.3, 0.4) is 0 Å². The Morgan fingerprint density at radius 3 is 2.80 bits per heavy atom. The topological polar surface area (TPSA) is 55.4 Å². The van der Waals surface area contributed by atoms with Crippen molar-refractivity contribution in [2.45, 2.75) is 32.6 Å². The molecular formula is C16H19NO3. The lowest BCUT2D eigenvalue weighted by atomic mass is 10.1. The van der Waals surface area contributed by atoms with Gasteiger partial charge in [0.2, 0.25) is 0 Å². The van der Waals surface area contributed by atoms with E-state index in [-0.39, 0.29) is 24.4 Å². The minimum absolute atomic E-state index is 0.00259. The lowest BCUT2D eigenvalue weighted by Crippen LogP contribution is -2.21. The minimum atomic E-state index is -0.274. The van der Waals surface area contributed by atoms with E-state index in [2.05, 4.69) is 11.4 Å². The largest absolute Gasteiger partial charge is 0.455 e. The lowest BCUT2D eigenvalue weighted by molar-refractivity contribution is -0.148. The van der Waals surface area contributed by atoms with Crippen LogP contribution < -0.4 is 5.32 Å². The number of amides is 1. The summed E-state index contributed by atoms with van der Waals surface area (Å²) in [5.41, 5.74) is 3.47. The molecule has 0 heterocycles. The maximum absolute atomic E-state index is 11.8. The maximum atomic E-state index is 11.8. The van der Waals surface area contributed by atoms with Crippen LogP contribution in [0.15, 0.2) is 18.2 Å². The van der Waals surface area contributed by atoms with Crippen molar-refractivity contribution in [1.29, 1.82) is 0 Å². The number of benzene rings is 1. The van der Waals surface area contributed by atoms with Gasteiger partial charge in [-0.15, -0.1) is 0 Å². The highest BCUT2D eigenvalue weighted by Crippen LogP contribution is 2.38. The van der Waals surface area contributed by atoms with Gasteiger partial charge in [-0.1, -0.05) is 13.0 Å². The molecule has 0 spiro atoms. The zero-order valence-corrected chi connectivity index (χ0v) is 11.6. The van der Waals surface area contributed by atoms with E-state index < -0.39 is 0 Å². The summed E-state index contributed by atoms with van der Waals surface area (Å²) in [5.74, 6) is -0.115. The highest BCUT2D eigenvalue weighted by Gasteiger charge is 2.40. The average molecular weight is 273 g/mol. The number of aryl methyl sites for hydroxylation is 2. The molecule has 2 aliphatic rings. The minimum Gasteiger partial charge on any atom is -0.455 e. The van der Waals surface area contributed by atoms with Gasteiger partial charge in [0.15, 0.2) is 6.61 Å². The normalized spacial score (nSPS) is 23.1. The van der Waals surface area contributed by atoms with Crippen molar-refractivity contribution in [2.75, 3.05) is 11.9 Å². The Kier molecular flexibility index (Phi) is 3.47. The Labute approximate surface area is 118 Å². The third-order valence-electron chi connectivity index (χ3n) is 4.14. The van der Waals surface area contributed by atoms with Gasteiger partial charge in [0.05, 0.1) is 5.92 Å². The molecule has 106 valence electrons. The smallest absolute Gasteiger partial charge is 0.309 e. The summed E-state index contributed by atoms with van der Waals surface area (Å²) in [6.07, 6.45) is 4.27. The SMILES string of the molecule is C[C@@H]1C[C@@H]1C(=O)OCC(=O)Nc1ccc2c(c1)CCC2. The molecular weight excluding hydrogens is 254 g/mol. The van der Waals surface area contributed by atoms with Gasteiger partial charge in [-0.2, -0.15) is 0 Å². The number of anilines is 1. The first kappa shape index (κ1) is 13.2. The first-order valence-electron chi connectivity index (χ1n) is 7.22. The fraction of sp³-hybridized carbons (Fsp3) is 0.500. The number of esters is 1. The molecule has 0 unspecified atom stereocenters. The van der Waals surface area contributed by atoms with Crippen molar-refractivity contribution in [3.63, 3.8) is 0 Å². The number of hydrogen-bond donors (Lipinski definition) is 1. The first-order valence-corrected chi connectivity index (χ1v) is 7.22. The number of fused-ring (bicyclic) bond motifs is 1. The van der Waals surface area contributed by atoms with E-state index in [0.717, 1.165) is 24.9 Å². The van der Waals surface area contributed by atoms with Gasteiger partial charge in [0.1, 0.15) is 0 Å². The van der Waals surface area contributed by atoms with Crippen molar-refractivity contribution < 1.29 is 14.3 Å². The molecule has 0 bridgehead atoms. The Balaban J connectivity index is 1.50. The molecule has 2 atom stereocenters. The molecule has 0 aliphatic heterocycles. The lowest BCUT2D eigenvalue weighted by Gasteiger charge is -2.08. The van der Waals surface area contributed by atoms with Crippen LogP contribution in [0.5, 0.6) is 0 Å². The molecule has 4 heteroatoms. The van der Waals surface area contributed by atoms with Crippen molar-refractivity contribution >= 4 is 17.6 Å². The number of rotatable bonds is 4. The van der Waals surface area contributed by atoms with Crippen LogP contribution in [0.1, 0.15) is 30.9 Å². The summed E-state index contributed by atoms with van der Waals surface area (Å²) in [7, 11) is 0. The van der Waals surface area contributed by atoms with Crippen LogP contribution >= 0.6 is 0 Å². The van der Waals surface area contributed by atoms with E-state index in [1.54, 1.807) is 0 Å². The average Bonchev–Trinajstić information content (AvgIpc) is 2.98. The summed E-state index contributed by atoms with van der Waals surface area (Å²) in [5, 5.41) is 2.78. The number of hydrogen-bond acceptors (Lipinski definition) is 3. The summed E-state index contributed by atoms with van der Waals surface area (Å²) < 4.78 is 5.01.